The maximum Gasteiger partial charge on any atom is 0.410 e. The van der Waals surface area contributed by atoms with E-state index in [9.17, 15) is 14.7 Å². The van der Waals surface area contributed by atoms with Crippen molar-refractivity contribution in [2.24, 2.45) is 0 Å². The zero-order valence-corrected chi connectivity index (χ0v) is 13.1. The van der Waals surface area contributed by atoms with Gasteiger partial charge in [0, 0.05) is 26.2 Å². The van der Waals surface area contributed by atoms with Gasteiger partial charge in [0.15, 0.2) is 0 Å². The van der Waals surface area contributed by atoms with Gasteiger partial charge in [-0.2, -0.15) is 0 Å². The van der Waals surface area contributed by atoms with Gasteiger partial charge in [0.1, 0.15) is 12.1 Å². The van der Waals surface area contributed by atoms with Crippen molar-refractivity contribution in [2.75, 3.05) is 26.2 Å². The summed E-state index contributed by atoms with van der Waals surface area (Å²) in [6, 6.07) is 9.58. The Balaban J connectivity index is 1.51. The van der Waals surface area contributed by atoms with Crippen molar-refractivity contribution in [1.29, 1.82) is 0 Å². The molecule has 0 bridgehead atoms. The number of hydrogen-bond acceptors (Lipinski definition) is 4. The molecule has 2 fully saturated rings. The molecule has 3 rings (SSSR count). The molecule has 124 valence electrons. The zero-order chi connectivity index (χ0) is 16.3. The second-order valence-electron chi connectivity index (χ2n) is 6.20. The van der Waals surface area contributed by atoms with E-state index in [1.54, 1.807) is 4.90 Å². The maximum absolute atomic E-state index is 12.2. The predicted octanol–water partition coefficient (Wildman–Crippen LogP) is 1.95. The van der Waals surface area contributed by atoms with Gasteiger partial charge in [-0.3, -0.25) is 9.69 Å². The topological polar surface area (TPSA) is 70.1 Å². The SMILES string of the molecule is O=C(OCc1ccccc1)N1CCCN(C2(C(=O)O)CC2)CC1. The summed E-state index contributed by atoms with van der Waals surface area (Å²) in [4.78, 5) is 27.3. The van der Waals surface area contributed by atoms with Gasteiger partial charge in [0.05, 0.1) is 0 Å². The molecule has 0 spiro atoms. The van der Waals surface area contributed by atoms with Gasteiger partial charge in [-0.05, 0) is 24.8 Å². The minimum Gasteiger partial charge on any atom is -0.480 e. The molecular formula is C17H22N2O4. The van der Waals surface area contributed by atoms with E-state index in [-0.39, 0.29) is 12.7 Å². The molecule has 1 heterocycles. The lowest BCUT2D eigenvalue weighted by molar-refractivity contribution is -0.145. The molecule has 0 aromatic heterocycles. The highest BCUT2D eigenvalue weighted by molar-refractivity contribution is 5.82. The molecule has 1 saturated heterocycles. The second-order valence-corrected chi connectivity index (χ2v) is 6.20. The Hall–Kier alpha value is -2.08. The van der Waals surface area contributed by atoms with Gasteiger partial charge < -0.3 is 14.7 Å². The number of benzene rings is 1. The molecule has 23 heavy (non-hydrogen) atoms. The third-order valence-electron chi connectivity index (χ3n) is 4.69. The number of ether oxygens (including phenoxy) is 1. The van der Waals surface area contributed by atoms with Crippen LogP contribution in [0.2, 0.25) is 0 Å². The van der Waals surface area contributed by atoms with Crippen LogP contribution in [-0.2, 0) is 16.1 Å². The molecule has 6 heteroatoms. The summed E-state index contributed by atoms with van der Waals surface area (Å²) in [6.07, 6.45) is 1.87. The van der Waals surface area contributed by atoms with Crippen LogP contribution in [0.4, 0.5) is 4.79 Å². The summed E-state index contributed by atoms with van der Waals surface area (Å²) >= 11 is 0. The average molecular weight is 318 g/mol. The Bertz CT molecular complexity index is 571. The van der Waals surface area contributed by atoms with E-state index in [0.717, 1.165) is 18.5 Å². The van der Waals surface area contributed by atoms with E-state index in [1.165, 1.54) is 0 Å². The molecule has 0 unspecified atom stereocenters. The van der Waals surface area contributed by atoms with Gasteiger partial charge in [-0.15, -0.1) is 0 Å². The summed E-state index contributed by atoms with van der Waals surface area (Å²) < 4.78 is 5.36. The fourth-order valence-corrected chi connectivity index (χ4v) is 3.12. The Kier molecular flexibility index (Phi) is 4.52. The summed E-state index contributed by atoms with van der Waals surface area (Å²) in [5.74, 6) is -0.738. The number of hydrogen-bond donors (Lipinski definition) is 1. The van der Waals surface area contributed by atoms with Crippen molar-refractivity contribution in [3.63, 3.8) is 0 Å². The van der Waals surface area contributed by atoms with Crippen molar-refractivity contribution in [2.45, 2.75) is 31.4 Å². The van der Waals surface area contributed by atoms with Crippen LogP contribution in [0, 0.1) is 0 Å². The smallest absolute Gasteiger partial charge is 0.410 e. The normalized spacial score (nSPS) is 20.6. The van der Waals surface area contributed by atoms with Crippen LogP contribution in [0.1, 0.15) is 24.8 Å². The Morgan fingerprint density at radius 1 is 1.09 bits per heavy atom. The first-order valence-corrected chi connectivity index (χ1v) is 8.06. The van der Waals surface area contributed by atoms with Crippen LogP contribution in [0.15, 0.2) is 30.3 Å². The lowest BCUT2D eigenvalue weighted by atomic mass is 10.2. The minimum absolute atomic E-state index is 0.263. The predicted molar refractivity (Wildman–Crippen MR) is 84.0 cm³/mol. The molecule has 1 aromatic carbocycles. The van der Waals surface area contributed by atoms with Crippen LogP contribution in [0.25, 0.3) is 0 Å². The lowest BCUT2D eigenvalue weighted by Crippen LogP contribution is -2.45. The highest BCUT2D eigenvalue weighted by Crippen LogP contribution is 2.42. The van der Waals surface area contributed by atoms with Crippen molar-refractivity contribution >= 4 is 12.1 Å². The van der Waals surface area contributed by atoms with E-state index < -0.39 is 11.5 Å². The number of rotatable bonds is 4. The van der Waals surface area contributed by atoms with Gasteiger partial charge >= 0.3 is 12.1 Å². The van der Waals surface area contributed by atoms with E-state index in [2.05, 4.69) is 0 Å². The maximum atomic E-state index is 12.2. The van der Waals surface area contributed by atoms with E-state index in [0.29, 0.717) is 32.5 Å². The zero-order valence-electron chi connectivity index (χ0n) is 13.1. The highest BCUT2D eigenvalue weighted by Gasteiger charge is 2.55. The Morgan fingerprint density at radius 2 is 1.83 bits per heavy atom. The Morgan fingerprint density at radius 3 is 2.48 bits per heavy atom. The van der Waals surface area contributed by atoms with Crippen molar-refractivity contribution in [3.05, 3.63) is 35.9 Å². The molecular weight excluding hydrogens is 296 g/mol. The molecule has 1 amide bonds. The van der Waals surface area contributed by atoms with Crippen molar-refractivity contribution < 1.29 is 19.4 Å². The van der Waals surface area contributed by atoms with Gasteiger partial charge in [-0.25, -0.2) is 4.79 Å². The second kappa shape index (κ2) is 6.58. The van der Waals surface area contributed by atoms with Crippen LogP contribution in [0.3, 0.4) is 0 Å². The molecule has 2 aliphatic rings. The molecule has 1 aliphatic heterocycles. The molecule has 6 nitrogen and oxygen atoms in total. The molecule has 1 aromatic rings. The first kappa shape index (κ1) is 15.8. The number of nitrogens with zero attached hydrogens (tertiary/aromatic N) is 2. The van der Waals surface area contributed by atoms with Crippen molar-refractivity contribution in [1.82, 2.24) is 9.80 Å². The summed E-state index contributed by atoms with van der Waals surface area (Å²) in [6.45, 7) is 2.70. The standard InChI is InChI=1S/C17H22N2O4/c20-15(21)17(7-8-17)19-10-4-9-18(11-12-19)16(22)23-13-14-5-2-1-3-6-14/h1-3,5-6H,4,7-13H2,(H,20,21). The van der Waals surface area contributed by atoms with Crippen LogP contribution in [0.5, 0.6) is 0 Å². The quantitative estimate of drug-likeness (QED) is 0.919. The van der Waals surface area contributed by atoms with Crippen LogP contribution < -0.4 is 0 Å². The van der Waals surface area contributed by atoms with Crippen LogP contribution in [-0.4, -0.2) is 58.7 Å². The van der Waals surface area contributed by atoms with Gasteiger partial charge in [-0.1, -0.05) is 30.3 Å². The van der Waals surface area contributed by atoms with Crippen LogP contribution >= 0.6 is 0 Å². The molecule has 0 atom stereocenters. The number of aliphatic carboxylic acids is 1. The molecule has 1 saturated carbocycles. The Labute approximate surface area is 135 Å². The fourth-order valence-electron chi connectivity index (χ4n) is 3.12. The van der Waals surface area contributed by atoms with Gasteiger partial charge in [0.25, 0.3) is 0 Å². The largest absolute Gasteiger partial charge is 0.480 e. The summed E-state index contributed by atoms with van der Waals surface area (Å²) in [7, 11) is 0. The minimum atomic E-state index is -0.738. The summed E-state index contributed by atoms with van der Waals surface area (Å²) in [5.41, 5.74) is 0.282. The van der Waals surface area contributed by atoms with E-state index in [1.807, 2.05) is 35.2 Å². The first-order chi connectivity index (χ1) is 11.1. The van der Waals surface area contributed by atoms with Crippen molar-refractivity contribution in [3.8, 4) is 0 Å². The fraction of sp³-hybridized carbons (Fsp3) is 0.529. The third-order valence-corrected chi connectivity index (χ3v) is 4.69. The average Bonchev–Trinajstić information content (AvgIpc) is 3.37. The summed E-state index contributed by atoms with van der Waals surface area (Å²) in [5, 5.41) is 9.39. The number of carbonyl (C=O) groups excluding carboxylic acids is 1. The number of carboxylic acid groups (broad SMARTS) is 1. The monoisotopic (exact) mass is 318 g/mol. The molecule has 0 radical (unpaired) electrons. The molecule has 1 N–H and O–H groups in total. The third kappa shape index (κ3) is 3.47. The number of amides is 1. The number of carbonyl (C=O) groups is 2. The highest BCUT2D eigenvalue weighted by atomic mass is 16.6. The van der Waals surface area contributed by atoms with E-state index in [4.69, 9.17) is 4.74 Å². The molecule has 1 aliphatic carbocycles. The first-order valence-electron chi connectivity index (χ1n) is 8.06. The van der Waals surface area contributed by atoms with Gasteiger partial charge in [0.2, 0.25) is 0 Å². The van der Waals surface area contributed by atoms with E-state index >= 15 is 0 Å². The lowest BCUT2D eigenvalue weighted by Gasteiger charge is -2.27. The number of carboxylic acids is 1.